The van der Waals surface area contributed by atoms with E-state index in [1.165, 1.54) is 12.1 Å². The first kappa shape index (κ1) is 14.6. The van der Waals surface area contributed by atoms with Crippen molar-refractivity contribution in [1.29, 1.82) is 5.41 Å². The third kappa shape index (κ3) is 3.16. The maximum Gasteiger partial charge on any atom is 0.213 e. The van der Waals surface area contributed by atoms with Gasteiger partial charge < -0.3 is 5.32 Å². The molecule has 1 amide bonds. The summed E-state index contributed by atoms with van der Waals surface area (Å²) in [7, 11) is 0. The van der Waals surface area contributed by atoms with Crippen LogP contribution >= 0.6 is 0 Å². The van der Waals surface area contributed by atoms with Gasteiger partial charge in [-0.25, -0.2) is 9.37 Å². The van der Waals surface area contributed by atoms with Gasteiger partial charge >= 0.3 is 0 Å². The van der Waals surface area contributed by atoms with Gasteiger partial charge in [-0.3, -0.25) is 15.5 Å². The number of rotatable bonds is 3. The molecule has 0 saturated heterocycles. The van der Waals surface area contributed by atoms with E-state index < -0.39 is 0 Å². The minimum Gasteiger partial charge on any atom is -0.325 e. The van der Waals surface area contributed by atoms with Crippen molar-refractivity contribution in [2.45, 2.75) is 0 Å². The molecule has 0 atom stereocenters. The molecular weight excluding hydrogens is 295 g/mol. The molecule has 5 nitrogen and oxygen atoms in total. The third-order valence-electron chi connectivity index (χ3n) is 3.32. The number of aromatic nitrogens is 1. The molecule has 0 aliphatic carbocycles. The molecule has 0 unspecified atom stereocenters. The van der Waals surface area contributed by atoms with Crippen LogP contribution in [-0.2, 0) is 4.79 Å². The summed E-state index contributed by atoms with van der Waals surface area (Å²) in [6.07, 6.45) is 0.430. The number of para-hydroxylation sites is 1. The Balaban J connectivity index is 2.11. The smallest absolute Gasteiger partial charge is 0.213 e. The first-order chi connectivity index (χ1) is 11.2. The molecule has 3 N–H and O–H groups in total. The summed E-state index contributed by atoms with van der Waals surface area (Å²) in [4.78, 5) is 15.0. The molecule has 1 aromatic heterocycles. The van der Waals surface area contributed by atoms with Crippen LogP contribution in [0.25, 0.3) is 22.2 Å². The number of anilines is 1. The van der Waals surface area contributed by atoms with Crippen LogP contribution in [0.5, 0.6) is 0 Å². The number of amides is 1. The molecule has 3 aromatic rings. The van der Waals surface area contributed by atoms with Gasteiger partial charge in [0.2, 0.25) is 6.41 Å². The topological polar surface area (TPSA) is 77.9 Å². The van der Waals surface area contributed by atoms with Gasteiger partial charge in [-0.15, -0.1) is 0 Å². The second-order valence-corrected chi connectivity index (χ2v) is 4.84. The van der Waals surface area contributed by atoms with Crippen molar-refractivity contribution in [3.05, 3.63) is 60.4 Å². The van der Waals surface area contributed by atoms with Gasteiger partial charge in [0.15, 0.2) is 5.96 Å². The molecule has 114 valence electrons. The van der Waals surface area contributed by atoms with Gasteiger partial charge in [0.05, 0.1) is 16.9 Å². The number of nitrogens with one attached hydrogen (secondary N) is 3. The van der Waals surface area contributed by atoms with Crippen molar-refractivity contribution in [2.24, 2.45) is 0 Å². The zero-order valence-corrected chi connectivity index (χ0v) is 12.0. The average Bonchev–Trinajstić information content (AvgIpc) is 2.55. The quantitative estimate of drug-likeness (QED) is 0.395. The number of benzene rings is 2. The summed E-state index contributed by atoms with van der Waals surface area (Å²) in [6.45, 7) is 0. The van der Waals surface area contributed by atoms with Gasteiger partial charge in [0.1, 0.15) is 5.82 Å². The minimum atomic E-state index is -0.315. The molecule has 0 radical (unpaired) electrons. The van der Waals surface area contributed by atoms with E-state index in [1.807, 2.05) is 24.3 Å². The highest BCUT2D eigenvalue weighted by atomic mass is 19.1. The Bertz CT molecular complexity index is 877. The van der Waals surface area contributed by atoms with Crippen LogP contribution in [0.15, 0.2) is 54.6 Å². The zero-order chi connectivity index (χ0) is 16.2. The second kappa shape index (κ2) is 6.23. The van der Waals surface area contributed by atoms with E-state index in [0.717, 1.165) is 16.5 Å². The van der Waals surface area contributed by atoms with Crippen molar-refractivity contribution in [3.8, 4) is 11.3 Å². The van der Waals surface area contributed by atoms with Crippen molar-refractivity contribution >= 4 is 29.0 Å². The van der Waals surface area contributed by atoms with Crippen molar-refractivity contribution < 1.29 is 9.18 Å². The Morgan fingerprint density at radius 1 is 1.13 bits per heavy atom. The highest BCUT2D eigenvalue weighted by molar-refractivity contribution is 6.04. The molecule has 1 heterocycles. The summed E-state index contributed by atoms with van der Waals surface area (Å²) < 4.78 is 13.1. The van der Waals surface area contributed by atoms with Crippen molar-refractivity contribution in [1.82, 2.24) is 10.3 Å². The van der Waals surface area contributed by atoms with E-state index in [0.29, 0.717) is 17.8 Å². The molecule has 0 aliphatic heterocycles. The number of hydrogen-bond acceptors (Lipinski definition) is 3. The molecular formula is C17H13FN4O. The highest BCUT2D eigenvalue weighted by Crippen LogP contribution is 2.28. The van der Waals surface area contributed by atoms with Crippen molar-refractivity contribution in [3.63, 3.8) is 0 Å². The molecule has 0 saturated carbocycles. The lowest BCUT2D eigenvalue weighted by atomic mass is 10.1. The zero-order valence-electron chi connectivity index (χ0n) is 12.0. The largest absolute Gasteiger partial charge is 0.325 e. The van der Waals surface area contributed by atoms with Gasteiger partial charge in [0, 0.05) is 10.9 Å². The number of halogens is 1. The molecule has 23 heavy (non-hydrogen) atoms. The van der Waals surface area contributed by atoms with Crippen LogP contribution in [0, 0.1) is 11.2 Å². The van der Waals surface area contributed by atoms with E-state index in [9.17, 15) is 9.18 Å². The van der Waals surface area contributed by atoms with Crippen LogP contribution in [-0.4, -0.2) is 17.4 Å². The summed E-state index contributed by atoms with van der Waals surface area (Å²) in [5, 5.41) is 13.6. The Morgan fingerprint density at radius 3 is 2.61 bits per heavy atom. The van der Waals surface area contributed by atoms with E-state index in [4.69, 9.17) is 5.41 Å². The fourth-order valence-corrected chi connectivity index (χ4v) is 2.28. The molecule has 0 fully saturated rings. The predicted molar refractivity (Wildman–Crippen MR) is 87.7 cm³/mol. The monoisotopic (exact) mass is 308 g/mol. The molecule has 6 heteroatoms. The highest BCUT2D eigenvalue weighted by Gasteiger charge is 2.09. The van der Waals surface area contributed by atoms with Crippen LogP contribution in [0.2, 0.25) is 0 Å². The van der Waals surface area contributed by atoms with E-state index in [2.05, 4.69) is 15.6 Å². The molecule has 0 spiro atoms. The van der Waals surface area contributed by atoms with Gasteiger partial charge in [0.25, 0.3) is 0 Å². The Morgan fingerprint density at radius 2 is 1.87 bits per heavy atom. The Hall–Kier alpha value is -3.28. The lowest BCUT2D eigenvalue weighted by Crippen LogP contribution is -2.28. The number of hydrogen-bond donors (Lipinski definition) is 3. The lowest BCUT2D eigenvalue weighted by molar-refractivity contribution is -0.108. The predicted octanol–water partition coefficient (Wildman–Crippen LogP) is 3.13. The van der Waals surface area contributed by atoms with Gasteiger partial charge in [-0.1, -0.05) is 18.2 Å². The normalized spacial score (nSPS) is 10.3. The standard InChI is InChI=1S/C17H13FN4O/c18-12-7-5-11(6-8-12)15-9-16(22-17(19)20-10-23)13-3-1-2-4-14(13)21-15/h1-10H,(H3,19,20,21,22,23). The minimum absolute atomic E-state index is 0.138. The fraction of sp³-hybridized carbons (Fsp3) is 0. The van der Waals surface area contributed by atoms with Crippen LogP contribution < -0.4 is 10.6 Å². The van der Waals surface area contributed by atoms with E-state index in [-0.39, 0.29) is 11.8 Å². The van der Waals surface area contributed by atoms with Crippen LogP contribution in [0.4, 0.5) is 10.1 Å². The molecule has 0 bridgehead atoms. The van der Waals surface area contributed by atoms with Crippen LogP contribution in [0.3, 0.4) is 0 Å². The van der Waals surface area contributed by atoms with Crippen LogP contribution in [0.1, 0.15) is 0 Å². The molecule has 3 rings (SSSR count). The van der Waals surface area contributed by atoms with Gasteiger partial charge in [-0.05, 0) is 36.4 Å². The van der Waals surface area contributed by atoms with Gasteiger partial charge in [-0.2, -0.15) is 0 Å². The van der Waals surface area contributed by atoms with E-state index >= 15 is 0 Å². The SMILES string of the molecule is N=C(NC=O)Nc1cc(-c2ccc(F)cc2)nc2ccccc12. The number of guanidine groups is 1. The maximum atomic E-state index is 13.1. The Labute approximate surface area is 131 Å². The summed E-state index contributed by atoms with van der Waals surface area (Å²) in [5.41, 5.74) is 2.77. The fourth-order valence-electron chi connectivity index (χ4n) is 2.28. The number of carbonyl (C=O) groups is 1. The Kier molecular flexibility index (Phi) is 3.97. The number of fused-ring (bicyclic) bond motifs is 1. The lowest BCUT2D eigenvalue weighted by Gasteiger charge is -2.12. The number of carbonyl (C=O) groups excluding carboxylic acids is 1. The van der Waals surface area contributed by atoms with Crippen molar-refractivity contribution in [2.75, 3.05) is 5.32 Å². The number of pyridine rings is 1. The average molecular weight is 308 g/mol. The first-order valence-electron chi connectivity index (χ1n) is 6.89. The summed E-state index contributed by atoms with van der Waals surface area (Å²) in [5.74, 6) is -0.453. The summed E-state index contributed by atoms with van der Waals surface area (Å²) in [6, 6.07) is 15.2. The maximum absolute atomic E-state index is 13.1. The first-order valence-corrected chi connectivity index (χ1v) is 6.89. The second-order valence-electron chi connectivity index (χ2n) is 4.84. The molecule has 0 aliphatic rings. The summed E-state index contributed by atoms with van der Waals surface area (Å²) >= 11 is 0. The molecule has 2 aromatic carbocycles. The third-order valence-corrected chi connectivity index (χ3v) is 3.32. The number of nitrogens with zero attached hydrogens (tertiary/aromatic N) is 1. The van der Waals surface area contributed by atoms with E-state index in [1.54, 1.807) is 18.2 Å².